The second-order valence-corrected chi connectivity index (χ2v) is 7.29. The summed E-state index contributed by atoms with van der Waals surface area (Å²) in [4.78, 5) is 12.1. The number of aromatic amines is 1. The molecule has 9 nitrogen and oxygen atoms in total. The Morgan fingerprint density at radius 1 is 1.43 bits per heavy atom. The molecule has 1 amide bonds. The number of hydrogen-bond donors (Lipinski definition) is 2. The highest BCUT2D eigenvalue weighted by molar-refractivity contribution is 7.89. The van der Waals surface area contributed by atoms with Crippen LogP contribution in [0.1, 0.15) is 34.9 Å². The van der Waals surface area contributed by atoms with Crippen molar-refractivity contribution < 1.29 is 13.2 Å². The van der Waals surface area contributed by atoms with E-state index in [0.29, 0.717) is 24.2 Å². The molecular weight excluding hydrogens is 320 g/mol. The van der Waals surface area contributed by atoms with Gasteiger partial charge in [0.05, 0.1) is 29.7 Å². The lowest BCUT2D eigenvalue weighted by Crippen LogP contribution is -2.32. The maximum atomic E-state index is 12.8. The van der Waals surface area contributed by atoms with Crippen molar-refractivity contribution in [3.8, 4) is 0 Å². The molecule has 1 atom stereocenters. The smallest absolute Gasteiger partial charge is 0.254 e. The molecule has 0 spiro atoms. The van der Waals surface area contributed by atoms with E-state index in [9.17, 15) is 13.2 Å². The van der Waals surface area contributed by atoms with Crippen molar-refractivity contribution in [2.75, 3.05) is 13.6 Å². The number of nitrogens with zero attached hydrogens (tertiary/aromatic N) is 4. The number of rotatable bonds is 4. The van der Waals surface area contributed by atoms with E-state index < -0.39 is 16.1 Å². The van der Waals surface area contributed by atoms with Gasteiger partial charge in [-0.3, -0.25) is 14.6 Å². The van der Waals surface area contributed by atoms with E-state index in [1.165, 1.54) is 34.6 Å². The van der Waals surface area contributed by atoms with Crippen LogP contribution in [0.4, 0.5) is 0 Å². The Balaban J connectivity index is 1.98. The molecule has 10 heteroatoms. The summed E-state index contributed by atoms with van der Waals surface area (Å²) in [6.07, 6.45) is 5.57. The van der Waals surface area contributed by atoms with Gasteiger partial charge < -0.3 is 5.32 Å². The van der Waals surface area contributed by atoms with Crippen LogP contribution < -0.4 is 5.32 Å². The molecule has 0 aromatic carbocycles. The number of aromatic nitrogens is 4. The van der Waals surface area contributed by atoms with Crippen LogP contribution in [0.3, 0.4) is 0 Å². The lowest BCUT2D eigenvalue weighted by Gasteiger charge is -2.23. The van der Waals surface area contributed by atoms with Gasteiger partial charge in [-0.15, -0.1) is 0 Å². The maximum Gasteiger partial charge on any atom is 0.254 e. The second kappa shape index (κ2) is 5.78. The van der Waals surface area contributed by atoms with Crippen LogP contribution in [0.25, 0.3) is 0 Å². The number of nitrogens with one attached hydrogen (secondary N) is 2. The predicted molar refractivity (Wildman–Crippen MR) is 81.1 cm³/mol. The molecular formula is C13H18N6O3S. The first-order valence-corrected chi connectivity index (χ1v) is 8.65. The van der Waals surface area contributed by atoms with Gasteiger partial charge >= 0.3 is 0 Å². The first kappa shape index (κ1) is 15.7. The summed E-state index contributed by atoms with van der Waals surface area (Å²) in [5, 5.41) is 13.2. The average Bonchev–Trinajstić information content (AvgIpc) is 3.24. The molecule has 1 aliphatic heterocycles. The number of sulfonamides is 1. The standard InChI is InChI=1S/C13H18N6O3S/c1-14-13(20)10-7-15-17-12(10)11-4-3-5-19(11)23(21,22)9-6-16-18(2)8-9/h6-8,11H,3-5H2,1-2H3,(H,14,20)(H,15,17)/t11-/m0/s1. The van der Waals surface area contributed by atoms with E-state index in [1.807, 2.05) is 0 Å². The maximum absolute atomic E-state index is 12.8. The summed E-state index contributed by atoms with van der Waals surface area (Å²) in [5.74, 6) is -0.292. The molecule has 2 N–H and O–H groups in total. The monoisotopic (exact) mass is 338 g/mol. The summed E-state index contributed by atoms with van der Waals surface area (Å²) >= 11 is 0. The van der Waals surface area contributed by atoms with E-state index in [-0.39, 0.29) is 10.8 Å². The number of H-pyrrole nitrogens is 1. The van der Waals surface area contributed by atoms with Gasteiger partial charge in [-0.25, -0.2) is 8.42 Å². The Morgan fingerprint density at radius 3 is 2.87 bits per heavy atom. The Hall–Kier alpha value is -2.20. The zero-order valence-corrected chi connectivity index (χ0v) is 13.7. The fourth-order valence-electron chi connectivity index (χ4n) is 2.85. The number of hydrogen-bond acceptors (Lipinski definition) is 5. The molecule has 1 fully saturated rings. The van der Waals surface area contributed by atoms with E-state index in [4.69, 9.17) is 0 Å². The molecule has 0 saturated carbocycles. The highest BCUT2D eigenvalue weighted by atomic mass is 32.2. The Kier molecular flexibility index (Phi) is 3.94. The number of aryl methyl sites for hydroxylation is 1. The second-order valence-electron chi connectivity index (χ2n) is 5.40. The third kappa shape index (κ3) is 2.63. The molecule has 23 heavy (non-hydrogen) atoms. The molecule has 0 bridgehead atoms. The summed E-state index contributed by atoms with van der Waals surface area (Å²) < 4.78 is 28.5. The van der Waals surface area contributed by atoms with Crippen molar-refractivity contribution >= 4 is 15.9 Å². The average molecular weight is 338 g/mol. The number of carbonyl (C=O) groups excluding carboxylic acids is 1. The fourth-order valence-corrected chi connectivity index (χ4v) is 4.50. The van der Waals surface area contributed by atoms with Crippen molar-refractivity contribution in [3.63, 3.8) is 0 Å². The topological polar surface area (TPSA) is 113 Å². The molecule has 2 aromatic heterocycles. The third-order valence-corrected chi connectivity index (χ3v) is 5.83. The van der Waals surface area contributed by atoms with Crippen LogP contribution in [-0.4, -0.2) is 52.2 Å². The van der Waals surface area contributed by atoms with Crippen LogP contribution in [0.5, 0.6) is 0 Å². The fraction of sp³-hybridized carbons (Fsp3) is 0.462. The van der Waals surface area contributed by atoms with Crippen molar-refractivity contribution in [1.82, 2.24) is 29.6 Å². The minimum absolute atomic E-state index is 0.146. The van der Waals surface area contributed by atoms with Crippen LogP contribution in [0.2, 0.25) is 0 Å². The highest BCUT2D eigenvalue weighted by Crippen LogP contribution is 2.36. The van der Waals surface area contributed by atoms with E-state index >= 15 is 0 Å². The van der Waals surface area contributed by atoms with Crippen molar-refractivity contribution in [1.29, 1.82) is 0 Å². The largest absolute Gasteiger partial charge is 0.355 e. The quantitative estimate of drug-likeness (QED) is 0.816. The van der Waals surface area contributed by atoms with Crippen LogP contribution >= 0.6 is 0 Å². The summed E-state index contributed by atoms with van der Waals surface area (Å²) in [6.45, 7) is 0.397. The van der Waals surface area contributed by atoms with Gasteiger partial charge in [-0.2, -0.15) is 14.5 Å². The van der Waals surface area contributed by atoms with Gasteiger partial charge in [0, 0.05) is 26.8 Å². The zero-order chi connectivity index (χ0) is 16.6. The number of carbonyl (C=O) groups is 1. The normalized spacial score (nSPS) is 19.1. The Morgan fingerprint density at radius 2 is 2.22 bits per heavy atom. The van der Waals surface area contributed by atoms with E-state index in [0.717, 1.165) is 6.42 Å². The number of amides is 1. The minimum atomic E-state index is -3.67. The molecule has 0 aliphatic carbocycles. The SMILES string of the molecule is CNC(=O)c1cn[nH]c1[C@@H]1CCCN1S(=O)(=O)c1cnn(C)c1. The van der Waals surface area contributed by atoms with Gasteiger partial charge in [0.1, 0.15) is 4.90 Å². The molecule has 1 aliphatic rings. The Bertz CT molecular complexity index is 824. The minimum Gasteiger partial charge on any atom is -0.355 e. The third-order valence-electron chi connectivity index (χ3n) is 3.97. The lowest BCUT2D eigenvalue weighted by atomic mass is 10.1. The molecule has 124 valence electrons. The summed E-state index contributed by atoms with van der Waals surface area (Å²) in [5.41, 5.74) is 0.889. The van der Waals surface area contributed by atoms with Gasteiger partial charge in [0.2, 0.25) is 10.0 Å². The van der Waals surface area contributed by atoms with Crippen LogP contribution in [0, 0.1) is 0 Å². The molecule has 1 saturated heterocycles. The van der Waals surface area contributed by atoms with Gasteiger partial charge in [-0.1, -0.05) is 0 Å². The summed E-state index contributed by atoms with van der Waals surface area (Å²) in [7, 11) is -0.480. The molecule has 0 unspecified atom stereocenters. The van der Waals surface area contributed by atoms with Gasteiger partial charge in [0.15, 0.2) is 0 Å². The van der Waals surface area contributed by atoms with Crippen molar-refractivity contribution in [3.05, 3.63) is 29.8 Å². The highest BCUT2D eigenvalue weighted by Gasteiger charge is 2.39. The summed E-state index contributed by atoms with van der Waals surface area (Å²) in [6, 6.07) is -0.435. The molecule has 3 heterocycles. The first-order valence-electron chi connectivity index (χ1n) is 7.21. The lowest BCUT2D eigenvalue weighted by molar-refractivity contribution is 0.0961. The van der Waals surface area contributed by atoms with Gasteiger partial charge in [-0.05, 0) is 12.8 Å². The Labute approximate surface area is 133 Å². The first-order chi connectivity index (χ1) is 10.9. The van der Waals surface area contributed by atoms with Crippen molar-refractivity contribution in [2.45, 2.75) is 23.8 Å². The predicted octanol–water partition coefficient (Wildman–Crippen LogP) is 0.0286. The molecule has 0 radical (unpaired) electrons. The van der Waals surface area contributed by atoms with Crippen LogP contribution in [-0.2, 0) is 17.1 Å². The van der Waals surface area contributed by atoms with Crippen molar-refractivity contribution in [2.24, 2.45) is 7.05 Å². The molecule has 2 aromatic rings. The van der Waals surface area contributed by atoms with Gasteiger partial charge in [0.25, 0.3) is 5.91 Å². The zero-order valence-electron chi connectivity index (χ0n) is 12.9. The van der Waals surface area contributed by atoms with Crippen LogP contribution in [0.15, 0.2) is 23.5 Å². The van der Waals surface area contributed by atoms with E-state index in [1.54, 1.807) is 7.05 Å². The molecule has 3 rings (SSSR count). The van der Waals surface area contributed by atoms with E-state index in [2.05, 4.69) is 20.6 Å².